The molecule has 3 rings (SSSR count). The Morgan fingerprint density at radius 2 is 1.89 bits per heavy atom. The van der Waals surface area contributed by atoms with Crippen molar-refractivity contribution < 1.29 is 22.8 Å². The molecular weight excluding hydrogens is 359 g/mol. The number of carbonyl (C=O) groups is 2. The van der Waals surface area contributed by atoms with Crippen molar-refractivity contribution in [2.45, 2.75) is 38.0 Å². The molecule has 2 amide bonds. The average molecular weight is 383 g/mol. The van der Waals surface area contributed by atoms with E-state index in [1.807, 2.05) is 6.92 Å². The number of piperidine rings is 1. The Morgan fingerprint density at radius 1 is 1.22 bits per heavy atom. The lowest BCUT2D eigenvalue weighted by Crippen LogP contribution is -2.55. The van der Waals surface area contributed by atoms with E-state index >= 15 is 0 Å². The van der Waals surface area contributed by atoms with Crippen LogP contribution in [0.3, 0.4) is 0 Å². The first-order valence-corrected chi connectivity index (χ1v) is 9.13. The molecule has 0 spiro atoms. The van der Waals surface area contributed by atoms with Crippen molar-refractivity contribution in [1.29, 1.82) is 0 Å². The number of hydrogen-bond donors (Lipinski definition) is 1. The van der Waals surface area contributed by atoms with Crippen LogP contribution in [0.5, 0.6) is 0 Å². The zero-order chi connectivity index (χ0) is 19.8. The number of carbonyl (C=O) groups excluding carboxylic acids is 2. The van der Waals surface area contributed by atoms with Crippen molar-refractivity contribution in [3.8, 4) is 0 Å². The van der Waals surface area contributed by atoms with Crippen molar-refractivity contribution in [2.75, 3.05) is 26.7 Å². The molecule has 148 valence electrons. The molecule has 8 heteroatoms. The van der Waals surface area contributed by atoms with Gasteiger partial charge in [-0.15, -0.1) is 0 Å². The third-order valence-electron chi connectivity index (χ3n) is 5.44. The molecule has 1 aromatic rings. The second-order valence-electron chi connectivity index (χ2n) is 7.35. The van der Waals surface area contributed by atoms with Gasteiger partial charge in [0, 0.05) is 39.1 Å². The molecule has 2 heterocycles. The minimum absolute atomic E-state index is 0.0346. The summed E-state index contributed by atoms with van der Waals surface area (Å²) in [5.41, 5.74) is -0.185. The van der Waals surface area contributed by atoms with E-state index in [1.54, 1.807) is 11.9 Å². The number of piperazine rings is 1. The third-order valence-corrected chi connectivity index (χ3v) is 5.44. The Morgan fingerprint density at radius 3 is 2.48 bits per heavy atom. The molecule has 0 aromatic heterocycles. The number of alkyl halides is 3. The lowest BCUT2D eigenvalue weighted by atomic mass is 9.83. The van der Waals surface area contributed by atoms with Crippen LogP contribution in [0.15, 0.2) is 24.3 Å². The van der Waals surface area contributed by atoms with Gasteiger partial charge in [0.15, 0.2) is 0 Å². The number of benzene rings is 1. The highest BCUT2D eigenvalue weighted by molar-refractivity contribution is 5.85. The topological polar surface area (TPSA) is 52.7 Å². The van der Waals surface area contributed by atoms with Gasteiger partial charge in [-0.2, -0.15) is 13.2 Å². The van der Waals surface area contributed by atoms with E-state index in [-0.39, 0.29) is 24.3 Å². The number of hydrogen-bond acceptors (Lipinski definition) is 3. The van der Waals surface area contributed by atoms with Crippen molar-refractivity contribution in [3.63, 3.8) is 0 Å². The van der Waals surface area contributed by atoms with Gasteiger partial charge < -0.3 is 15.1 Å². The molecule has 3 atom stereocenters. The van der Waals surface area contributed by atoms with Gasteiger partial charge in [0.2, 0.25) is 11.8 Å². The highest BCUT2D eigenvalue weighted by Gasteiger charge is 2.41. The van der Waals surface area contributed by atoms with E-state index in [9.17, 15) is 22.8 Å². The first kappa shape index (κ1) is 19.7. The lowest BCUT2D eigenvalue weighted by molar-refractivity contribution is -0.147. The third kappa shape index (κ3) is 4.10. The molecule has 1 aromatic carbocycles. The summed E-state index contributed by atoms with van der Waals surface area (Å²) < 4.78 is 38.6. The number of likely N-dealkylation sites (tertiary alicyclic amines) is 1. The number of rotatable bonds is 2. The van der Waals surface area contributed by atoms with Crippen LogP contribution in [0.4, 0.5) is 13.2 Å². The van der Waals surface area contributed by atoms with E-state index < -0.39 is 23.7 Å². The normalized spacial score (nSPS) is 27.0. The van der Waals surface area contributed by atoms with Gasteiger partial charge in [-0.05, 0) is 31.0 Å². The molecule has 1 N–H and O–H groups in total. The summed E-state index contributed by atoms with van der Waals surface area (Å²) in [6.45, 7) is 3.90. The smallest absolute Gasteiger partial charge is 0.340 e. The second-order valence-corrected chi connectivity index (χ2v) is 7.35. The summed E-state index contributed by atoms with van der Waals surface area (Å²) >= 11 is 0. The minimum atomic E-state index is -4.42. The summed E-state index contributed by atoms with van der Waals surface area (Å²) in [6, 6.07) is 4.42. The van der Waals surface area contributed by atoms with E-state index in [0.29, 0.717) is 31.6 Å². The van der Waals surface area contributed by atoms with Gasteiger partial charge in [-0.25, -0.2) is 0 Å². The second kappa shape index (κ2) is 7.50. The quantitative estimate of drug-likeness (QED) is 0.854. The fourth-order valence-corrected chi connectivity index (χ4v) is 3.99. The van der Waals surface area contributed by atoms with Crippen LogP contribution >= 0.6 is 0 Å². The van der Waals surface area contributed by atoms with E-state index in [1.165, 1.54) is 17.0 Å². The molecule has 2 fully saturated rings. The molecule has 0 saturated carbocycles. The Kier molecular flexibility index (Phi) is 5.46. The molecule has 2 aliphatic heterocycles. The highest BCUT2D eigenvalue weighted by atomic mass is 19.4. The molecule has 2 aliphatic rings. The van der Waals surface area contributed by atoms with Crippen molar-refractivity contribution >= 4 is 11.8 Å². The maximum atomic E-state index is 13.1. The molecule has 0 bridgehead atoms. The van der Waals surface area contributed by atoms with Gasteiger partial charge in [0.05, 0.1) is 17.5 Å². The van der Waals surface area contributed by atoms with Crippen LogP contribution in [-0.2, 0) is 15.8 Å². The first-order valence-electron chi connectivity index (χ1n) is 9.13. The van der Waals surface area contributed by atoms with Crippen LogP contribution in [0.25, 0.3) is 0 Å². The SMILES string of the molecule is CC1CN(C(=O)C2CCC(=O)N(C)C2c2ccc(C(F)(F)F)cc2)CCN1. The zero-order valence-electron chi connectivity index (χ0n) is 15.4. The molecule has 5 nitrogen and oxygen atoms in total. The average Bonchev–Trinajstić information content (AvgIpc) is 2.62. The largest absolute Gasteiger partial charge is 0.416 e. The molecule has 3 unspecified atom stereocenters. The van der Waals surface area contributed by atoms with E-state index in [2.05, 4.69) is 5.32 Å². The van der Waals surface area contributed by atoms with Crippen molar-refractivity contribution in [1.82, 2.24) is 15.1 Å². The van der Waals surface area contributed by atoms with Crippen LogP contribution in [-0.4, -0.2) is 54.3 Å². The minimum Gasteiger partial charge on any atom is -0.340 e. The highest BCUT2D eigenvalue weighted by Crippen LogP contribution is 2.38. The number of nitrogens with one attached hydrogen (secondary N) is 1. The summed E-state index contributed by atoms with van der Waals surface area (Å²) in [4.78, 5) is 28.7. The van der Waals surface area contributed by atoms with Gasteiger partial charge in [0.25, 0.3) is 0 Å². The zero-order valence-corrected chi connectivity index (χ0v) is 15.4. The van der Waals surface area contributed by atoms with Crippen LogP contribution in [0.1, 0.15) is 36.9 Å². The van der Waals surface area contributed by atoms with E-state index in [0.717, 1.165) is 12.1 Å². The van der Waals surface area contributed by atoms with Crippen LogP contribution in [0.2, 0.25) is 0 Å². The Bertz CT molecular complexity index is 705. The van der Waals surface area contributed by atoms with Gasteiger partial charge >= 0.3 is 6.18 Å². The van der Waals surface area contributed by atoms with Crippen molar-refractivity contribution in [3.05, 3.63) is 35.4 Å². The Labute approximate surface area is 156 Å². The van der Waals surface area contributed by atoms with Crippen LogP contribution < -0.4 is 5.32 Å². The van der Waals surface area contributed by atoms with Crippen molar-refractivity contribution in [2.24, 2.45) is 5.92 Å². The predicted molar refractivity (Wildman–Crippen MR) is 93.7 cm³/mol. The summed E-state index contributed by atoms with van der Waals surface area (Å²) in [6.07, 6.45) is -3.74. The standard InChI is InChI=1S/C19H24F3N3O2/c1-12-11-25(10-9-23-12)18(27)15-7-8-16(26)24(2)17(15)13-3-5-14(6-4-13)19(20,21)22/h3-6,12,15,17,23H,7-11H2,1-2H3. The van der Waals surface area contributed by atoms with E-state index in [4.69, 9.17) is 0 Å². The lowest BCUT2D eigenvalue weighted by Gasteiger charge is -2.42. The van der Waals surface area contributed by atoms with Gasteiger partial charge in [0.1, 0.15) is 0 Å². The predicted octanol–water partition coefficient (Wildman–Crippen LogP) is 2.44. The summed E-state index contributed by atoms with van der Waals surface area (Å²) in [5.74, 6) is -0.583. The van der Waals surface area contributed by atoms with Crippen LogP contribution in [0, 0.1) is 5.92 Å². The summed E-state index contributed by atoms with van der Waals surface area (Å²) in [7, 11) is 1.62. The first-order chi connectivity index (χ1) is 12.7. The maximum absolute atomic E-state index is 13.1. The molecule has 27 heavy (non-hydrogen) atoms. The van der Waals surface area contributed by atoms with Gasteiger partial charge in [-0.3, -0.25) is 9.59 Å². The number of halogens is 3. The number of amides is 2. The maximum Gasteiger partial charge on any atom is 0.416 e. The Balaban J connectivity index is 1.88. The fraction of sp³-hybridized carbons (Fsp3) is 0.579. The summed E-state index contributed by atoms with van der Waals surface area (Å²) in [5, 5.41) is 3.28. The number of nitrogens with zero attached hydrogens (tertiary/aromatic N) is 2. The molecule has 0 aliphatic carbocycles. The van der Waals surface area contributed by atoms with Gasteiger partial charge in [-0.1, -0.05) is 12.1 Å². The fourth-order valence-electron chi connectivity index (χ4n) is 3.99. The molecule has 2 saturated heterocycles. The molecular formula is C19H24F3N3O2. The Hall–Kier alpha value is -2.09. The monoisotopic (exact) mass is 383 g/mol. The molecule has 0 radical (unpaired) electrons.